The molecule has 2 nitrogen and oxygen atoms in total. The molecule has 4 aliphatic carbocycles. The Labute approximate surface area is 699 Å². The first-order valence-electron chi connectivity index (χ1n) is 43.7. The van der Waals surface area contributed by atoms with Crippen LogP contribution in [0.3, 0.4) is 0 Å². The fraction of sp³-hybridized carbons (Fsp3) is 0.190. The first kappa shape index (κ1) is 77.9. The Morgan fingerprint density at radius 1 is 0.220 bits per heavy atom. The van der Waals surface area contributed by atoms with Gasteiger partial charge in [0, 0.05) is 32.9 Å². The van der Waals surface area contributed by atoms with Gasteiger partial charge in [-0.25, -0.2) is 0 Å². The van der Waals surface area contributed by atoms with E-state index in [0.29, 0.717) is 0 Å². The summed E-state index contributed by atoms with van der Waals surface area (Å²) < 4.78 is 4.68. The van der Waals surface area contributed by atoms with Crippen LogP contribution in [0, 0.1) is 13.8 Å². The number of nitrogens with zero attached hydrogens (tertiary/aromatic N) is 2. The second kappa shape index (κ2) is 37.1. The Morgan fingerprint density at radius 2 is 0.559 bits per heavy atom. The minimum absolute atomic E-state index is 1.08. The number of para-hydroxylation sites is 5. The number of aromatic nitrogens is 2. The molecule has 118 heavy (non-hydrogen) atoms. The third kappa shape index (κ3) is 17.1. The van der Waals surface area contributed by atoms with Crippen LogP contribution >= 0.6 is 0 Å². The van der Waals surface area contributed by atoms with Gasteiger partial charge in [0.15, 0.2) is 0 Å². The van der Waals surface area contributed by atoms with Crippen molar-refractivity contribution < 1.29 is 0 Å². The van der Waals surface area contributed by atoms with Gasteiger partial charge in [-0.15, -0.1) is 0 Å². The van der Waals surface area contributed by atoms with Crippen molar-refractivity contribution in [1.29, 1.82) is 0 Å². The minimum Gasteiger partial charge on any atom is -0.309 e. The summed E-state index contributed by atoms with van der Waals surface area (Å²) in [6.07, 6.45) is 23.5. The van der Waals surface area contributed by atoms with Crippen molar-refractivity contribution >= 4 is 54.4 Å². The molecule has 0 spiro atoms. The SMILES string of the molecule is CCCCCCCCc1ccc2c(c1)-c1cc(CCCCCCCC)ccc1C2.Cc1cccc2c1Cc1c(C)cccc1-2.c1ccc(-c2cccc(-n3c4ccccc4c4ccccc43)c2)cc1.c1ccc(-n2c3ccccc3c3ccccc32)cc1.c1ccc2c(c1)Cc1cc3ccccc3cc1-2.c1ccc2c(c1)Cc1ccccc1-2. The number of benzene rings is 16. The van der Waals surface area contributed by atoms with Crippen molar-refractivity contribution in [1.82, 2.24) is 9.13 Å². The first-order valence-corrected chi connectivity index (χ1v) is 43.7. The molecule has 0 amide bonds. The van der Waals surface area contributed by atoms with Gasteiger partial charge < -0.3 is 9.13 Å². The van der Waals surface area contributed by atoms with Crippen LogP contribution in [0.4, 0.5) is 0 Å². The van der Waals surface area contributed by atoms with Gasteiger partial charge in [0.2, 0.25) is 0 Å². The lowest BCUT2D eigenvalue weighted by molar-refractivity contribution is 0.607. The predicted molar refractivity (Wildman–Crippen MR) is 507 cm³/mol. The maximum Gasteiger partial charge on any atom is 0.0541 e. The molecule has 0 aliphatic heterocycles. The molecule has 0 atom stereocenters. The highest BCUT2D eigenvalue weighted by Gasteiger charge is 2.24. The lowest BCUT2D eigenvalue weighted by Gasteiger charge is -2.10. The smallest absolute Gasteiger partial charge is 0.0541 e. The number of aryl methyl sites for hydroxylation is 4. The fourth-order valence-corrected chi connectivity index (χ4v) is 18.7. The highest BCUT2D eigenvalue weighted by molar-refractivity contribution is 6.10. The summed E-state index contributed by atoms with van der Waals surface area (Å²) in [5.74, 6) is 0. The highest BCUT2D eigenvalue weighted by atomic mass is 15.0. The van der Waals surface area contributed by atoms with Gasteiger partial charge in [0.1, 0.15) is 0 Å². The lowest BCUT2D eigenvalue weighted by Crippen LogP contribution is -1.94. The van der Waals surface area contributed by atoms with Crippen LogP contribution in [0.15, 0.2) is 364 Å². The number of rotatable bonds is 17. The van der Waals surface area contributed by atoms with Crippen molar-refractivity contribution in [3.8, 4) is 67.0 Å². The highest BCUT2D eigenvalue weighted by Crippen LogP contribution is 2.43. The molecule has 0 unspecified atom stereocenters. The summed E-state index contributed by atoms with van der Waals surface area (Å²) in [5.41, 5.74) is 39.3. The van der Waals surface area contributed by atoms with Crippen LogP contribution < -0.4 is 0 Å². The molecule has 2 aromatic heterocycles. The van der Waals surface area contributed by atoms with Crippen molar-refractivity contribution in [2.24, 2.45) is 0 Å². The van der Waals surface area contributed by atoms with E-state index in [-0.39, 0.29) is 0 Å². The zero-order valence-electron chi connectivity index (χ0n) is 69.3. The fourth-order valence-electron chi connectivity index (χ4n) is 18.7. The van der Waals surface area contributed by atoms with Gasteiger partial charge in [-0.05, 0) is 253 Å². The lowest BCUT2D eigenvalue weighted by atomic mass is 9.97. The molecule has 0 N–H and O–H groups in total. The van der Waals surface area contributed by atoms with E-state index in [4.69, 9.17) is 0 Å². The molecular weight excluding hydrogens is 1420 g/mol. The molecule has 4 aliphatic rings. The molecular formula is C116H108N2. The molecule has 0 radical (unpaired) electrons. The molecule has 16 aromatic carbocycles. The first-order chi connectivity index (χ1) is 58.3. The van der Waals surface area contributed by atoms with Crippen LogP contribution in [0.1, 0.15) is 158 Å². The quantitative estimate of drug-likeness (QED) is 0.0804. The topological polar surface area (TPSA) is 9.86 Å². The second-order valence-corrected chi connectivity index (χ2v) is 32.7. The van der Waals surface area contributed by atoms with Crippen LogP contribution in [-0.2, 0) is 38.5 Å². The average molecular weight is 1530 g/mol. The van der Waals surface area contributed by atoms with Gasteiger partial charge in [-0.2, -0.15) is 0 Å². The van der Waals surface area contributed by atoms with E-state index < -0.39 is 0 Å². The molecule has 0 bridgehead atoms. The molecule has 22 rings (SSSR count). The zero-order valence-corrected chi connectivity index (χ0v) is 69.3. The Balaban J connectivity index is 0.000000103. The molecule has 582 valence electrons. The predicted octanol–water partition coefficient (Wildman–Crippen LogP) is 31.8. The van der Waals surface area contributed by atoms with E-state index in [2.05, 4.69) is 401 Å². The summed E-state index contributed by atoms with van der Waals surface area (Å²) in [6, 6.07) is 131. The average Bonchev–Trinajstić information content (AvgIpc) is 1.60. The summed E-state index contributed by atoms with van der Waals surface area (Å²) in [6.45, 7) is 9.00. The van der Waals surface area contributed by atoms with Crippen molar-refractivity contribution in [3.63, 3.8) is 0 Å². The van der Waals surface area contributed by atoms with E-state index in [1.54, 1.807) is 0 Å². The van der Waals surface area contributed by atoms with E-state index in [9.17, 15) is 0 Å². The maximum absolute atomic E-state index is 2.50. The van der Waals surface area contributed by atoms with Gasteiger partial charge in [-0.1, -0.05) is 387 Å². The van der Waals surface area contributed by atoms with Crippen LogP contribution in [0.2, 0.25) is 0 Å². The molecule has 2 heteroatoms. The normalized spacial score (nSPS) is 11.9. The summed E-state index contributed by atoms with van der Waals surface area (Å²) in [7, 11) is 0. The third-order valence-corrected chi connectivity index (χ3v) is 24.9. The summed E-state index contributed by atoms with van der Waals surface area (Å²) in [4.78, 5) is 0. The summed E-state index contributed by atoms with van der Waals surface area (Å²) in [5, 5.41) is 7.89. The van der Waals surface area contributed by atoms with Crippen LogP contribution in [0.25, 0.3) is 121 Å². The maximum atomic E-state index is 2.50. The van der Waals surface area contributed by atoms with Crippen LogP contribution in [0.5, 0.6) is 0 Å². The number of fused-ring (bicyclic) bond motifs is 19. The zero-order chi connectivity index (χ0) is 79.9. The molecule has 18 aromatic rings. The molecule has 2 heterocycles. The molecule has 0 saturated carbocycles. The van der Waals surface area contributed by atoms with Crippen molar-refractivity contribution in [2.75, 3.05) is 0 Å². The van der Waals surface area contributed by atoms with E-state index in [0.717, 1.165) is 25.7 Å². The third-order valence-electron chi connectivity index (χ3n) is 24.9. The Kier molecular flexibility index (Phi) is 24.5. The Morgan fingerprint density at radius 3 is 1.04 bits per heavy atom. The standard InChI is InChI=1S/C29H42.C24H17N.C18H13N.C17H12.C15H14.C13H10/c1-3-5-7-9-11-13-15-24-17-19-26-23-27-20-18-25(22-29(27)28(26)21-24)16-14-12-10-8-6-4-2;1-2-9-18(10-3-1)19-11-8-12-20(17-19)25-23-15-6-4-13-21(23)22-14-5-7-16-24(22)25;1-2-8-14(9-3-1)19-17-12-6-4-10-15(17)16-11-5-7-13-18(16)19;1-2-6-13-11-17-15(9-12(13)5-1)10-14-7-3-4-8-16(14)17;1-10-5-3-7-12-13-8-4-6-11(2)15(13)9-14(10)12;1-3-7-12-10(5-1)9-11-6-2-4-8-13(11)12/h17-22H,3-16,23H2,1-2H3;1-17H;1-13H;1-9,11H,10H2;3-8H,9H2,1-2H3;1-8H,9H2. The number of hydrogen-bond donors (Lipinski definition) is 0. The van der Waals surface area contributed by atoms with Crippen molar-refractivity contribution in [3.05, 3.63) is 431 Å². The number of unbranched alkanes of at least 4 members (excludes halogenated alkanes) is 10. The number of hydrogen-bond acceptors (Lipinski definition) is 0. The largest absolute Gasteiger partial charge is 0.309 e. The van der Waals surface area contributed by atoms with Crippen LogP contribution in [-0.4, -0.2) is 9.13 Å². The van der Waals surface area contributed by atoms with Gasteiger partial charge in [0.05, 0.1) is 22.1 Å². The minimum atomic E-state index is 1.08. The summed E-state index contributed by atoms with van der Waals surface area (Å²) >= 11 is 0. The Bertz CT molecular complexity index is 6240. The Hall–Kier alpha value is -12.6. The van der Waals surface area contributed by atoms with E-state index in [1.807, 2.05) is 0 Å². The second-order valence-electron chi connectivity index (χ2n) is 32.7. The monoisotopic (exact) mass is 1530 g/mol. The van der Waals surface area contributed by atoms with E-state index >= 15 is 0 Å². The van der Waals surface area contributed by atoms with E-state index in [1.165, 1.54) is 278 Å². The van der Waals surface area contributed by atoms with Gasteiger partial charge in [-0.3, -0.25) is 0 Å². The van der Waals surface area contributed by atoms with Gasteiger partial charge in [0.25, 0.3) is 0 Å². The van der Waals surface area contributed by atoms with Gasteiger partial charge >= 0.3 is 0 Å². The van der Waals surface area contributed by atoms with Crippen molar-refractivity contribution in [2.45, 2.75) is 143 Å². The molecule has 0 saturated heterocycles. The molecule has 0 fully saturated rings.